The van der Waals surface area contributed by atoms with Crippen LogP contribution in [0.5, 0.6) is 11.5 Å². The van der Waals surface area contributed by atoms with E-state index in [0.717, 1.165) is 44.9 Å². The first-order valence-corrected chi connectivity index (χ1v) is 11.3. The third-order valence-electron chi connectivity index (χ3n) is 5.75. The molecule has 0 amide bonds. The summed E-state index contributed by atoms with van der Waals surface area (Å²) in [5.41, 5.74) is 5.79. The Labute approximate surface area is 204 Å². The van der Waals surface area contributed by atoms with E-state index >= 15 is 0 Å². The molecule has 0 saturated carbocycles. The van der Waals surface area contributed by atoms with E-state index in [-0.39, 0.29) is 11.6 Å². The molecule has 0 radical (unpaired) electrons. The zero-order chi connectivity index (χ0) is 24.6. The van der Waals surface area contributed by atoms with E-state index in [2.05, 4.69) is 12.2 Å². The highest BCUT2D eigenvalue weighted by Gasteiger charge is 2.09. The van der Waals surface area contributed by atoms with E-state index in [1.807, 2.05) is 48.5 Å². The average Bonchev–Trinajstić information content (AvgIpc) is 2.90. The number of methoxy groups -OCH3 is 2. The van der Waals surface area contributed by atoms with Crippen LogP contribution in [0.3, 0.4) is 0 Å². The van der Waals surface area contributed by atoms with Crippen molar-refractivity contribution in [2.45, 2.75) is 6.42 Å². The quantitative estimate of drug-likeness (QED) is 0.244. The zero-order valence-electron chi connectivity index (χ0n) is 19.7. The molecule has 0 unspecified atom stereocenters. The Morgan fingerprint density at radius 2 is 1.03 bits per heavy atom. The van der Waals surface area contributed by atoms with Gasteiger partial charge in [0.2, 0.25) is 0 Å². The van der Waals surface area contributed by atoms with Gasteiger partial charge in [-0.1, -0.05) is 60.7 Å². The third-order valence-corrected chi connectivity index (χ3v) is 5.75. The van der Waals surface area contributed by atoms with Gasteiger partial charge in [0.1, 0.15) is 23.1 Å². The molecule has 0 heterocycles. The van der Waals surface area contributed by atoms with Gasteiger partial charge in [0, 0.05) is 0 Å². The van der Waals surface area contributed by atoms with Crippen molar-refractivity contribution in [3.63, 3.8) is 0 Å². The van der Waals surface area contributed by atoms with Gasteiger partial charge < -0.3 is 9.47 Å². The Bertz CT molecular complexity index is 1260. The SMILES string of the molecule is COc1ccc(/C=C(\CC=C(c2ccc(F)cc2)c2ccc(F)cc2)c2ccc(OC)cc2)cc1. The molecule has 4 aromatic rings. The molecule has 0 fully saturated rings. The van der Waals surface area contributed by atoms with E-state index in [9.17, 15) is 8.78 Å². The predicted molar refractivity (Wildman–Crippen MR) is 138 cm³/mol. The lowest BCUT2D eigenvalue weighted by Crippen LogP contribution is -1.92. The van der Waals surface area contributed by atoms with Gasteiger partial charge in [-0.25, -0.2) is 8.78 Å². The van der Waals surface area contributed by atoms with Crippen LogP contribution in [0, 0.1) is 11.6 Å². The highest BCUT2D eigenvalue weighted by atomic mass is 19.1. The van der Waals surface area contributed by atoms with Crippen molar-refractivity contribution in [1.82, 2.24) is 0 Å². The molecule has 0 aliphatic heterocycles. The minimum absolute atomic E-state index is 0.300. The third kappa shape index (κ3) is 6.24. The van der Waals surface area contributed by atoms with Gasteiger partial charge >= 0.3 is 0 Å². The number of hydrogen-bond acceptors (Lipinski definition) is 2. The molecule has 176 valence electrons. The molecule has 0 N–H and O–H groups in total. The van der Waals surface area contributed by atoms with Crippen LogP contribution in [0.1, 0.15) is 28.7 Å². The molecule has 0 aromatic heterocycles. The summed E-state index contributed by atoms with van der Waals surface area (Å²) in [6.07, 6.45) is 4.83. The maximum absolute atomic E-state index is 13.6. The Morgan fingerprint density at radius 3 is 1.49 bits per heavy atom. The van der Waals surface area contributed by atoms with Crippen LogP contribution >= 0.6 is 0 Å². The van der Waals surface area contributed by atoms with E-state index < -0.39 is 0 Å². The van der Waals surface area contributed by atoms with Gasteiger partial charge in [-0.3, -0.25) is 0 Å². The van der Waals surface area contributed by atoms with Crippen LogP contribution in [-0.4, -0.2) is 14.2 Å². The van der Waals surface area contributed by atoms with Crippen molar-refractivity contribution in [3.05, 3.63) is 137 Å². The first-order chi connectivity index (χ1) is 17.1. The van der Waals surface area contributed by atoms with Crippen LogP contribution in [-0.2, 0) is 0 Å². The second-order valence-electron chi connectivity index (χ2n) is 8.01. The molecule has 0 aliphatic rings. The lowest BCUT2D eigenvalue weighted by molar-refractivity contribution is 0.414. The van der Waals surface area contributed by atoms with Crippen molar-refractivity contribution in [2.24, 2.45) is 0 Å². The second kappa shape index (κ2) is 11.3. The molecule has 4 aromatic carbocycles. The molecule has 4 heteroatoms. The number of rotatable bonds is 8. The Morgan fingerprint density at radius 1 is 0.600 bits per heavy atom. The summed E-state index contributed by atoms with van der Waals surface area (Å²) in [6.45, 7) is 0. The fraction of sp³-hybridized carbons (Fsp3) is 0.0968. The highest BCUT2D eigenvalue weighted by molar-refractivity contribution is 5.86. The molecule has 0 atom stereocenters. The summed E-state index contributed by atoms with van der Waals surface area (Å²) < 4.78 is 37.8. The topological polar surface area (TPSA) is 18.5 Å². The van der Waals surface area contributed by atoms with Crippen LogP contribution in [0.4, 0.5) is 8.78 Å². The fourth-order valence-electron chi connectivity index (χ4n) is 3.84. The average molecular weight is 469 g/mol. The van der Waals surface area contributed by atoms with Crippen molar-refractivity contribution in [2.75, 3.05) is 14.2 Å². The maximum atomic E-state index is 13.6. The lowest BCUT2D eigenvalue weighted by Gasteiger charge is -2.12. The molecule has 35 heavy (non-hydrogen) atoms. The predicted octanol–water partition coefficient (Wildman–Crippen LogP) is 8.04. The normalized spacial score (nSPS) is 11.1. The maximum Gasteiger partial charge on any atom is 0.123 e. The van der Waals surface area contributed by atoms with Crippen LogP contribution < -0.4 is 9.47 Å². The molecular formula is C31H26F2O2. The van der Waals surface area contributed by atoms with Crippen LogP contribution in [0.2, 0.25) is 0 Å². The van der Waals surface area contributed by atoms with Gasteiger partial charge in [-0.2, -0.15) is 0 Å². The first kappa shape index (κ1) is 24.0. The fourth-order valence-corrected chi connectivity index (χ4v) is 3.84. The molecule has 0 saturated heterocycles. The van der Waals surface area contributed by atoms with Crippen LogP contribution in [0.25, 0.3) is 17.2 Å². The first-order valence-electron chi connectivity index (χ1n) is 11.3. The summed E-state index contributed by atoms with van der Waals surface area (Å²) in [4.78, 5) is 0. The van der Waals surface area contributed by atoms with E-state index in [0.29, 0.717) is 6.42 Å². The minimum Gasteiger partial charge on any atom is -0.497 e. The van der Waals surface area contributed by atoms with E-state index in [4.69, 9.17) is 9.47 Å². The largest absolute Gasteiger partial charge is 0.497 e. The van der Waals surface area contributed by atoms with Crippen LogP contribution in [0.15, 0.2) is 103 Å². The smallest absolute Gasteiger partial charge is 0.123 e. The highest BCUT2D eigenvalue weighted by Crippen LogP contribution is 2.30. The number of halogens is 2. The summed E-state index contributed by atoms with van der Waals surface area (Å²) in [6, 6.07) is 28.5. The van der Waals surface area contributed by atoms with Gasteiger partial charge in [-0.05, 0) is 88.4 Å². The Kier molecular flexibility index (Phi) is 7.74. The summed E-state index contributed by atoms with van der Waals surface area (Å²) >= 11 is 0. The summed E-state index contributed by atoms with van der Waals surface area (Å²) in [5, 5.41) is 0. The molecular weight excluding hydrogens is 442 g/mol. The zero-order valence-corrected chi connectivity index (χ0v) is 19.7. The van der Waals surface area contributed by atoms with Crippen molar-refractivity contribution < 1.29 is 18.3 Å². The van der Waals surface area contributed by atoms with Gasteiger partial charge in [0.15, 0.2) is 0 Å². The molecule has 0 bridgehead atoms. The molecule has 0 spiro atoms. The molecule has 2 nitrogen and oxygen atoms in total. The number of benzene rings is 4. The molecule has 0 aliphatic carbocycles. The van der Waals surface area contributed by atoms with Crippen molar-refractivity contribution >= 4 is 17.2 Å². The van der Waals surface area contributed by atoms with Gasteiger partial charge in [-0.15, -0.1) is 0 Å². The minimum atomic E-state index is -0.300. The number of ether oxygens (including phenoxy) is 2. The van der Waals surface area contributed by atoms with E-state index in [1.165, 1.54) is 24.3 Å². The van der Waals surface area contributed by atoms with E-state index in [1.54, 1.807) is 38.5 Å². The summed E-state index contributed by atoms with van der Waals surface area (Å²) in [7, 11) is 3.29. The van der Waals surface area contributed by atoms with Gasteiger partial charge in [0.05, 0.1) is 14.2 Å². The summed E-state index contributed by atoms with van der Waals surface area (Å²) in [5.74, 6) is 0.977. The second-order valence-corrected chi connectivity index (χ2v) is 8.01. The standard InChI is InChI=1S/C31H26F2O2/c1-34-29-16-3-22(4-17-29)21-26(23-9-18-30(35-2)19-10-23)11-20-31(24-5-12-27(32)13-6-24)25-7-14-28(33)15-8-25/h3-10,12-21H,11H2,1-2H3/b26-21+. The molecule has 4 rings (SSSR count). The van der Waals surface area contributed by atoms with Crippen molar-refractivity contribution in [3.8, 4) is 11.5 Å². The van der Waals surface area contributed by atoms with Gasteiger partial charge in [0.25, 0.3) is 0 Å². The monoisotopic (exact) mass is 468 g/mol. The van der Waals surface area contributed by atoms with Crippen molar-refractivity contribution in [1.29, 1.82) is 0 Å². The Balaban J connectivity index is 1.76. The lowest BCUT2D eigenvalue weighted by atomic mass is 9.93. The number of hydrogen-bond donors (Lipinski definition) is 0. The number of allylic oxidation sites excluding steroid dienone is 2. The Hall–Kier alpha value is -4.18.